The Kier molecular flexibility index (Phi) is 3.05. The molecule has 84 valence electrons. The second-order valence-corrected chi connectivity index (χ2v) is 4.32. The van der Waals surface area contributed by atoms with Crippen LogP contribution in [0.4, 0.5) is 0 Å². The van der Waals surface area contributed by atoms with Gasteiger partial charge in [-0.25, -0.2) is 9.78 Å². The quantitative estimate of drug-likeness (QED) is 0.885. The smallest absolute Gasteiger partial charge is 0.346 e. The highest BCUT2D eigenvalue weighted by Gasteiger charge is 2.12. The summed E-state index contributed by atoms with van der Waals surface area (Å²) in [6, 6.07) is 1.85. The predicted molar refractivity (Wildman–Crippen MR) is 62.0 cm³/mol. The van der Waals surface area contributed by atoms with Gasteiger partial charge in [-0.3, -0.25) is 0 Å². The third-order valence-corrected chi connectivity index (χ3v) is 3.34. The van der Waals surface area contributed by atoms with Gasteiger partial charge in [0.2, 0.25) is 0 Å². The average Bonchev–Trinajstić information content (AvgIpc) is 2.86. The Morgan fingerprint density at radius 2 is 2.44 bits per heavy atom. The van der Waals surface area contributed by atoms with E-state index in [1.54, 1.807) is 11.6 Å². The average molecular weight is 236 g/mol. The van der Waals surface area contributed by atoms with Gasteiger partial charge in [0, 0.05) is 18.8 Å². The molecule has 0 aliphatic carbocycles. The number of thiophene rings is 1. The first kappa shape index (κ1) is 10.9. The van der Waals surface area contributed by atoms with Crippen molar-refractivity contribution in [1.82, 2.24) is 9.55 Å². The molecule has 0 atom stereocenters. The van der Waals surface area contributed by atoms with E-state index < -0.39 is 5.97 Å². The normalized spacial score (nSPS) is 10.6. The Balaban J connectivity index is 2.27. The highest BCUT2D eigenvalue weighted by atomic mass is 32.1. The molecule has 0 aliphatic rings. The number of carboxylic acids is 1. The summed E-state index contributed by atoms with van der Waals surface area (Å²) in [5.41, 5.74) is 0.838. The third-order valence-electron chi connectivity index (χ3n) is 2.40. The zero-order chi connectivity index (χ0) is 11.5. The summed E-state index contributed by atoms with van der Waals surface area (Å²) >= 11 is 1.26. The molecule has 2 aromatic rings. The first-order valence-electron chi connectivity index (χ1n) is 5.02. The standard InChI is InChI=1S/C11H12N2O2S/c1-2-9-12-4-5-13(9)7-8-3-6-16-10(8)11(14)15/h3-6H,2,7H2,1H3,(H,14,15). The van der Waals surface area contributed by atoms with Crippen molar-refractivity contribution in [3.05, 3.63) is 40.1 Å². The van der Waals surface area contributed by atoms with Gasteiger partial charge < -0.3 is 9.67 Å². The topological polar surface area (TPSA) is 55.1 Å². The fourth-order valence-electron chi connectivity index (χ4n) is 1.63. The molecule has 0 aromatic carbocycles. The van der Waals surface area contributed by atoms with Crippen LogP contribution in [0.15, 0.2) is 23.8 Å². The molecule has 0 aliphatic heterocycles. The Labute approximate surface area is 97.2 Å². The molecule has 0 fully saturated rings. The van der Waals surface area contributed by atoms with Crippen LogP contribution in [0.25, 0.3) is 0 Å². The van der Waals surface area contributed by atoms with Gasteiger partial charge in [-0.15, -0.1) is 11.3 Å². The number of rotatable bonds is 4. The molecule has 0 radical (unpaired) electrons. The number of hydrogen-bond acceptors (Lipinski definition) is 3. The maximum absolute atomic E-state index is 11.0. The van der Waals surface area contributed by atoms with E-state index in [9.17, 15) is 4.79 Å². The second-order valence-electron chi connectivity index (χ2n) is 3.41. The maximum atomic E-state index is 11.0. The molecule has 2 rings (SSSR count). The molecule has 16 heavy (non-hydrogen) atoms. The Morgan fingerprint density at radius 1 is 1.62 bits per heavy atom. The summed E-state index contributed by atoms with van der Waals surface area (Å²) < 4.78 is 1.98. The summed E-state index contributed by atoms with van der Waals surface area (Å²) in [4.78, 5) is 15.6. The van der Waals surface area contributed by atoms with E-state index in [0.717, 1.165) is 17.8 Å². The highest BCUT2D eigenvalue weighted by molar-refractivity contribution is 7.12. The lowest BCUT2D eigenvalue weighted by Crippen LogP contribution is -2.06. The number of hydrogen-bond donors (Lipinski definition) is 1. The zero-order valence-corrected chi connectivity index (χ0v) is 9.70. The highest BCUT2D eigenvalue weighted by Crippen LogP contribution is 2.18. The van der Waals surface area contributed by atoms with Gasteiger partial charge in [-0.1, -0.05) is 6.92 Å². The van der Waals surface area contributed by atoms with Crippen molar-refractivity contribution in [2.75, 3.05) is 0 Å². The van der Waals surface area contributed by atoms with E-state index in [0.29, 0.717) is 11.4 Å². The minimum Gasteiger partial charge on any atom is -0.477 e. The molecule has 0 bridgehead atoms. The van der Waals surface area contributed by atoms with Crippen LogP contribution in [0.5, 0.6) is 0 Å². The first-order chi connectivity index (χ1) is 7.72. The number of aromatic carboxylic acids is 1. The molecule has 0 saturated heterocycles. The van der Waals surface area contributed by atoms with E-state index in [1.807, 2.05) is 23.8 Å². The van der Waals surface area contributed by atoms with Gasteiger partial charge in [0.25, 0.3) is 0 Å². The van der Waals surface area contributed by atoms with Gasteiger partial charge in [0.05, 0.1) is 6.54 Å². The summed E-state index contributed by atoms with van der Waals surface area (Å²) in [6.07, 6.45) is 4.47. The van der Waals surface area contributed by atoms with Crippen LogP contribution in [0, 0.1) is 0 Å². The number of carboxylic acid groups (broad SMARTS) is 1. The predicted octanol–water partition coefficient (Wildman–Crippen LogP) is 2.25. The maximum Gasteiger partial charge on any atom is 0.346 e. The van der Waals surface area contributed by atoms with Gasteiger partial charge in [-0.2, -0.15) is 0 Å². The number of aromatic nitrogens is 2. The second kappa shape index (κ2) is 4.49. The van der Waals surface area contributed by atoms with Crippen molar-refractivity contribution in [2.24, 2.45) is 0 Å². The van der Waals surface area contributed by atoms with Crippen LogP contribution >= 0.6 is 11.3 Å². The number of nitrogens with zero attached hydrogens (tertiary/aromatic N) is 2. The lowest BCUT2D eigenvalue weighted by atomic mass is 10.2. The number of aryl methyl sites for hydroxylation is 1. The number of carbonyl (C=O) groups is 1. The van der Waals surface area contributed by atoms with Crippen LogP contribution in [0.1, 0.15) is 28.0 Å². The minimum absolute atomic E-state index is 0.413. The molecule has 0 saturated carbocycles. The van der Waals surface area contributed by atoms with Crippen molar-refractivity contribution in [1.29, 1.82) is 0 Å². The van der Waals surface area contributed by atoms with Crippen LogP contribution in [0.3, 0.4) is 0 Å². The largest absolute Gasteiger partial charge is 0.477 e. The summed E-state index contributed by atoms with van der Waals surface area (Å²) in [5, 5.41) is 10.8. The van der Waals surface area contributed by atoms with Crippen molar-refractivity contribution in [3.8, 4) is 0 Å². The van der Waals surface area contributed by atoms with E-state index in [1.165, 1.54) is 11.3 Å². The van der Waals surface area contributed by atoms with Crippen LogP contribution in [-0.2, 0) is 13.0 Å². The lowest BCUT2D eigenvalue weighted by Gasteiger charge is -2.05. The van der Waals surface area contributed by atoms with Gasteiger partial charge in [-0.05, 0) is 17.0 Å². The SMILES string of the molecule is CCc1nccn1Cc1ccsc1C(=O)O. The Hall–Kier alpha value is -1.62. The fourth-order valence-corrected chi connectivity index (χ4v) is 2.38. The van der Waals surface area contributed by atoms with E-state index >= 15 is 0 Å². The molecular formula is C11H12N2O2S. The van der Waals surface area contributed by atoms with Crippen LogP contribution in [0.2, 0.25) is 0 Å². The molecule has 5 heteroatoms. The van der Waals surface area contributed by atoms with E-state index in [2.05, 4.69) is 4.98 Å². The zero-order valence-electron chi connectivity index (χ0n) is 8.88. The summed E-state index contributed by atoms with van der Waals surface area (Å²) in [5.74, 6) is 0.116. The Bertz CT molecular complexity index is 502. The molecule has 2 heterocycles. The Morgan fingerprint density at radius 3 is 3.12 bits per heavy atom. The molecular weight excluding hydrogens is 224 g/mol. The van der Waals surface area contributed by atoms with Crippen molar-refractivity contribution in [2.45, 2.75) is 19.9 Å². The van der Waals surface area contributed by atoms with Crippen LogP contribution in [-0.4, -0.2) is 20.6 Å². The molecule has 0 amide bonds. The van der Waals surface area contributed by atoms with Gasteiger partial charge in [0.1, 0.15) is 10.7 Å². The molecule has 4 nitrogen and oxygen atoms in total. The third kappa shape index (κ3) is 1.99. The number of imidazole rings is 1. The monoisotopic (exact) mass is 236 g/mol. The molecule has 0 spiro atoms. The van der Waals surface area contributed by atoms with Crippen molar-refractivity contribution >= 4 is 17.3 Å². The van der Waals surface area contributed by atoms with Crippen molar-refractivity contribution in [3.63, 3.8) is 0 Å². The molecule has 2 aromatic heterocycles. The first-order valence-corrected chi connectivity index (χ1v) is 5.90. The van der Waals surface area contributed by atoms with Crippen LogP contribution < -0.4 is 0 Å². The van der Waals surface area contributed by atoms with E-state index in [4.69, 9.17) is 5.11 Å². The summed E-state index contributed by atoms with van der Waals surface area (Å²) in [6.45, 7) is 2.61. The van der Waals surface area contributed by atoms with Gasteiger partial charge >= 0.3 is 5.97 Å². The van der Waals surface area contributed by atoms with Gasteiger partial charge in [0.15, 0.2) is 0 Å². The van der Waals surface area contributed by atoms with Crippen molar-refractivity contribution < 1.29 is 9.90 Å². The lowest BCUT2D eigenvalue weighted by molar-refractivity contribution is 0.0701. The summed E-state index contributed by atoms with van der Waals surface area (Å²) in [7, 11) is 0. The molecule has 0 unspecified atom stereocenters. The van der Waals surface area contributed by atoms with E-state index in [-0.39, 0.29) is 0 Å². The fraction of sp³-hybridized carbons (Fsp3) is 0.273. The molecule has 1 N–H and O–H groups in total. The minimum atomic E-state index is -0.858.